The molecular formula is C30H36O3. The molecule has 0 heterocycles. The Kier molecular flexibility index (Phi) is 8.25. The molecule has 33 heavy (non-hydrogen) atoms. The third-order valence-electron chi connectivity index (χ3n) is 6.62. The van der Waals surface area contributed by atoms with Gasteiger partial charge in [0.15, 0.2) is 0 Å². The van der Waals surface area contributed by atoms with Crippen molar-refractivity contribution < 1.29 is 14.9 Å². The van der Waals surface area contributed by atoms with Gasteiger partial charge in [-0.1, -0.05) is 125 Å². The van der Waals surface area contributed by atoms with E-state index in [0.29, 0.717) is 5.57 Å². The Balaban J connectivity index is 2.12. The second-order valence-corrected chi connectivity index (χ2v) is 9.11. The van der Waals surface area contributed by atoms with Crippen LogP contribution in [0.1, 0.15) is 44.4 Å². The first kappa shape index (κ1) is 24.9. The molecule has 0 aliphatic heterocycles. The summed E-state index contributed by atoms with van der Waals surface area (Å²) < 4.78 is 6.78. The van der Waals surface area contributed by atoms with E-state index in [1.807, 2.05) is 88.4 Å². The SMILES string of the molecule is CC(C)C(O)(/C(=C/COC(c1ccccc1)(c1ccccc1)c1ccccc1)CO)C(C)C. The lowest BCUT2D eigenvalue weighted by molar-refractivity contribution is -0.0223. The Bertz CT molecular complexity index is 904. The molecule has 0 aliphatic rings. The number of hydrogen-bond donors (Lipinski definition) is 2. The van der Waals surface area contributed by atoms with E-state index in [1.54, 1.807) is 0 Å². The second-order valence-electron chi connectivity index (χ2n) is 9.11. The molecule has 3 nitrogen and oxygen atoms in total. The van der Waals surface area contributed by atoms with Crippen LogP contribution >= 0.6 is 0 Å². The van der Waals surface area contributed by atoms with Gasteiger partial charge in [-0.15, -0.1) is 0 Å². The zero-order valence-corrected chi connectivity index (χ0v) is 20.1. The molecule has 3 aromatic carbocycles. The van der Waals surface area contributed by atoms with E-state index in [0.717, 1.165) is 16.7 Å². The largest absolute Gasteiger partial charge is 0.392 e. The van der Waals surface area contributed by atoms with Crippen LogP contribution in [0, 0.1) is 11.8 Å². The van der Waals surface area contributed by atoms with Crippen molar-refractivity contribution in [2.75, 3.05) is 13.2 Å². The van der Waals surface area contributed by atoms with Crippen molar-refractivity contribution in [2.24, 2.45) is 11.8 Å². The van der Waals surface area contributed by atoms with Crippen LogP contribution in [0.4, 0.5) is 0 Å². The first-order chi connectivity index (χ1) is 15.9. The standard InChI is InChI=1S/C30H36O3/c1-23(2)29(32,24(3)4)28(22-31)20-21-33-30(25-14-8-5-9-15-25,26-16-10-6-11-17-26)27-18-12-7-13-19-27/h5-20,23-24,31-32H,21-22H2,1-4H3/b28-20+. The van der Waals surface area contributed by atoms with Gasteiger partial charge < -0.3 is 14.9 Å². The molecule has 0 spiro atoms. The number of hydrogen-bond acceptors (Lipinski definition) is 3. The zero-order valence-electron chi connectivity index (χ0n) is 20.1. The van der Waals surface area contributed by atoms with Crippen molar-refractivity contribution in [1.82, 2.24) is 0 Å². The number of benzene rings is 3. The van der Waals surface area contributed by atoms with Crippen molar-refractivity contribution in [3.63, 3.8) is 0 Å². The van der Waals surface area contributed by atoms with Crippen LogP contribution in [0.2, 0.25) is 0 Å². The summed E-state index contributed by atoms with van der Waals surface area (Å²) in [6.07, 6.45) is 1.85. The molecule has 0 amide bonds. The molecule has 0 aliphatic carbocycles. The van der Waals surface area contributed by atoms with Gasteiger partial charge in [0.25, 0.3) is 0 Å². The van der Waals surface area contributed by atoms with Crippen LogP contribution in [-0.2, 0) is 10.3 Å². The molecule has 0 saturated heterocycles. The molecule has 0 radical (unpaired) electrons. The first-order valence-electron chi connectivity index (χ1n) is 11.7. The van der Waals surface area contributed by atoms with Gasteiger partial charge in [0, 0.05) is 0 Å². The normalized spacial score (nSPS) is 13.0. The third-order valence-corrected chi connectivity index (χ3v) is 6.62. The van der Waals surface area contributed by atoms with Crippen LogP contribution in [0.25, 0.3) is 0 Å². The fraction of sp³-hybridized carbons (Fsp3) is 0.333. The number of aliphatic hydroxyl groups is 2. The van der Waals surface area contributed by atoms with Gasteiger partial charge in [-0.05, 0) is 34.1 Å². The monoisotopic (exact) mass is 444 g/mol. The van der Waals surface area contributed by atoms with Gasteiger partial charge in [-0.25, -0.2) is 0 Å². The summed E-state index contributed by atoms with van der Waals surface area (Å²) in [6.45, 7) is 7.93. The number of rotatable bonds is 10. The molecule has 0 fully saturated rings. The van der Waals surface area contributed by atoms with Crippen molar-refractivity contribution in [1.29, 1.82) is 0 Å². The highest BCUT2D eigenvalue weighted by atomic mass is 16.5. The van der Waals surface area contributed by atoms with Crippen LogP contribution in [0.5, 0.6) is 0 Å². The maximum absolute atomic E-state index is 11.4. The highest BCUT2D eigenvalue weighted by molar-refractivity contribution is 5.47. The van der Waals surface area contributed by atoms with Crippen LogP contribution in [0.15, 0.2) is 103 Å². The first-order valence-corrected chi connectivity index (χ1v) is 11.7. The van der Waals surface area contributed by atoms with E-state index in [4.69, 9.17) is 4.74 Å². The second kappa shape index (κ2) is 10.9. The Hall–Kier alpha value is -2.72. The molecule has 3 rings (SSSR count). The van der Waals surface area contributed by atoms with Gasteiger partial charge in [-0.2, -0.15) is 0 Å². The highest BCUT2D eigenvalue weighted by Crippen LogP contribution is 2.41. The number of ether oxygens (including phenoxy) is 1. The van der Waals surface area contributed by atoms with Gasteiger partial charge in [0.05, 0.1) is 18.8 Å². The van der Waals surface area contributed by atoms with Crippen molar-refractivity contribution in [3.05, 3.63) is 119 Å². The lowest BCUT2D eigenvalue weighted by atomic mass is 9.75. The van der Waals surface area contributed by atoms with E-state index >= 15 is 0 Å². The van der Waals surface area contributed by atoms with E-state index < -0.39 is 11.2 Å². The molecule has 3 heteroatoms. The Labute approximate surface area is 198 Å². The van der Waals surface area contributed by atoms with E-state index in [1.165, 1.54) is 0 Å². The van der Waals surface area contributed by atoms with Gasteiger partial charge >= 0.3 is 0 Å². The van der Waals surface area contributed by atoms with Crippen LogP contribution in [-0.4, -0.2) is 29.0 Å². The molecule has 0 aromatic heterocycles. The summed E-state index contributed by atoms with van der Waals surface area (Å²) in [6, 6.07) is 30.6. The maximum atomic E-state index is 11.4. The summed E-state index contributed by atoms with van der Waals surface area (Å²) in [4.78, 5) is 0. The predicted octanol–water partition coefficient (Wildman–Crippen LogP) is 5.96. The fourth-order valence-electron chi connectivity index (χ4n) is 4.80. The minimum Gasteiger partial charge on any atom is -0.392 e. The highest BCUT2D eigenvalue weighted by Gasteiger charge is 2.39. The van der Waals surface area contributed by atoms with Crippen LogP contribution < -0.4 is 0 Å². The zero-order chi connectivity index (χ0) is 23.9. The Morgan fingerprint density at radius 2 is 1.09 bits per heavy atom. The topological polar surface area (TPSA) is 49.7 Å². The molecule has 0 atom stereocenters. The molecular weight excluding hydrogens is 408 g/mol. The van der Waals surface area contributed by atoms with Gasteiger partial charge in [0.1, 0.15) is 5.60 Å². The van der Waals surface area contributed by atoms with Crippen molar-refractivity contribution >= 4 is 0 Å². The molecule has 0 unspecified atom stereocenters. The molecule has 174 valence electrons. The smallest absolute Gasteiger partial charge is 0.144 e. The Morgan fingerprint density at radius 1 is 0.727 bits per heavy atom. The van der Waals surface area contributed by atoms with E-state index in [2.05, 4.69) is 36.4 Å². The summed E-state index contributed by atoms with van der Waals surface area (Å²) in [5.41, 5.74) is 1.70. The Morgan fingerprint density at radius 3 is 1.39 bits per heavy atom. The average molecular weight is 445 g/mol. The minimum absolute atomic E-state index is 0.0435. The van der Waals surface area contributed by atoms with Gasteiger partial charge in [-0.3, -0.25) is 0 Å². The van der Waals surface area contributed by atoms with Crippen molar-refractivity contribution in [3.8, 4) is 0 Å². The summed E-state index contributed by atoms with van der Waals surface area (Å²) >= 11 is 0. The summed E-state index contributed by atoms with van der Waals surface area (Å²) in [5.74, 6) is -0.0870. The maximum Gasteiger partial charge on any atom is 0.144 e. The predicted molar refractivity (Wildman–Crippen MR) is 135 cm³/mol. The molecule has 2 N–H and O–H groups in total. The number of aliphatic hydroxyl groups excluding tert-OH is 1. The summed E-state index contributed by atoms with van der Waals surface area (Å²) in [5, 5.41) is 21.6. The molecule has 0 bridgehead atoms. The van der Waals surface area contributed by atoms with Gasteiger partial charge in [0.2, 0.25) is 0 Å². The lowest BCUT2D eigenvalue weighted by Crippen LogP contribution is -2.44. The lowest BCUT2D eigenvalue weighted by Gasteiger charge is -2.39. The fourth-order valence-corrected chi connectivity index (χ4v) is 4.80. The third kappa shape index (κ3) is 4.96. The molecule has 3 aromatic rings. The van der Waals surface area contributed by atoms with Crippen molar-refractivity contribution in [2.45, 2.75) is 38.9 Å². The van der Waals surface area contributed by atoms with E-state index in [9.17, 15) is 10.2 Å². The van der Waals surface area contributed by atoms with E-state index in [-0.39, 0.29) is 25.0 Å². The average Bonchev–Trinajstić information content (AvgIpc) is 2.85. The quantitative estimate of drug-likeness (QED) is 0.300. The minimum atomic E-state index is -1.10. The summed E-state index contributed by atoms with van der Waals surface area (Å²) in [7, 11) is 0. The van der Waals surface area contributed by atoms with Crippen LogP contribution in [0.3, 0.4) is 0 Å². The molecule has 0 saturated carbocycles.